The zero-order chi connectivity index (χ0) is 8.67. The van der Waals surface area contributed by atoms with Gasteiger partial charge >= 0.3 is 0 Å². The summed E-state index contributed by atoms with van der Waals surface area (Å²) in [6, 6.07) is 1.24. The maximum Gasteiger partial charge on any atom is 0.0409 e. The van der Waals surface area contributed by atoms with E-state index in [1.807, 2.05) is 0 Å². The summed E-state index contributed by atoms with van der Waals surface area (Å²) in [5, 5.41) is 7.20. The topological polar surface area (TPSA) is 24.1 Å². The molecule has 0 saturated carbocycles. The number of nitrogens with one attached hydrogen (secondary N) is 2. The van der Waals surface area contributed by atoms with Gasteiger partial charge in [-0.3, -0.25) is 0 Å². The maximum absolute atomic E-state index is 3.64. The van der Waals surface area contributed by atoms with E-state index in [1.165, 1.54) is 6.42 Å². The molecule has 1 saturated heterocycles. The molecule has 4 atom stereocenters. The Morgan fingerprint density at radius 3 is 2.92 bits per heavy atom. The van der Waals surface area contributed by atoms with Crippen LogP contribution in [0.25, 0.3) is 0 Å². The van der Waals surface area contributed by atoms with Gasteiger partial charge in [-0.25, -0.2) is 0 Å². The first kappa shape index (κ1) is 7.77. The second-order valence-corrected chi connectivity index (χ2v) is 4.25. The molecule has 0 amide bonds. The Kier molecular flexibility index (Phi) is 1.77. The van der Waals surface area contributed by atoms with Crippen LogP contribution >= 0.6 is 0 Å². The monoisotopic (exact) mass is 176 g/mol. The van der Waals surface area contributed by atoms with Crippen molar-refractivity contribution >= 4 is 0 Å². The molecular weight excluding hydrogens is 160 g/mol. The Morgan fingerprint density at radius 1 is 1.00 bits per heavy atom. The summed E-state index contributed by atoms with van der Waals surface area (Å²) in [5.41, 5.74) is 0. The lowest BCUT2D eigenvalue weighted by molar-refractivity contribution is 0.241. The molecule has 2 nitrogen and oxygen atoms in total. The molecule has 70 valence electrons. The lowest BCUT2D eigenvalue weighted by atomic mass is 9.79. The predicted molar refractivity (Wildman–Crippen MR) is 53.5 cm³/mol. The lowest BCUT2D eigenvalue weighted by Crippen LogP contribution is -2.59. The molecule has 2 N–H and O–H groups in total. The van der Waals surface area contributed by atoms with Crippen molar-refractivity contribution in [3.05, 3.63) is 24.3 Å². The molecule has 0 aromatic carbocycles. The van der Waals surface area contributed by atoms with Gasteiger partial charge in [-0.15, -0.1) is 0 Å². The van der Waals surface area contributed by atoms with Crippen molar-refractivity contribution < 1.29 is 0 Å². The molecule has 1 heterocycles. The van der Waals surface area contributed by atoms with E-state index in [2.05, 4.69) is 34.9 Å². The fourth-order valence-electron chi connectivity index (χ4n) is 2.87. The molecule has 1 aliphatic heterocycles. The number of rotatable bonds is 0. The minimum atomic E-state index is 0.579. The summed E-state index contributed by atoms with van der Waals surface area (Å²) in [6.07, 6.45) is 10.7. The lowest BCUT2D eigenvalue weighted by Gasteiger charge is -2.40. The van der Waals surface area contributed by atoms with Gasteiger partial charge in [-0.05, 0) is 18.3 Å². The highest BCUT2D eigenvalue weighted by Gasteiger charge is 2.37. The van der Waals surface area contributed by atoms with Crippen LogP contribution in [0.3, 0.4) is 0 Å². The molecule has 3 aliphatic rings. The molecule has 2 aliphatic carbocycles. The van der Waals surface area contributed by atoms with Gasteiger partial charge in [0, 0.05) is 25.2 Å². The van der Waals surface area contributed by atoms with E-state index in [0.717, 1.165) is 19.0 Å². The van der Waals surface area contributed by atoms with Gasteiger partial charge < -0.3 is 10.6 Å². The van der Waals surface area contributed by atoms with E-state index >= 15 is 0 Å². The summed E-state index contributed by atoms with van der Waals surface area (Å²) in [5.74, 6) is 1.51. The van der Waals surface area contributed by atoms with Gasteiger partial charge in [-0.1, -0.05) is 24.3 Å². The van der Waals surface area contributed by atoms with Crippen LogP contribution in [0, 0.1) is 11.8 Å². The van der Waals surface area contributed by atoms with Gasteiger partial charge in [0.15, 0.2) is 0 Å². The van der Waals surface area contributed by atoms with E-state index in [4.69, 9.17) is 0 Å². The fourth-order valence-corrected chi connectivity index (χ4v) is 2.87. The Bertz CT molecular complexity index is 257. The molecule has 0 spiro atoms. The van der Waals surface area contributed by atoms with Crippen molar-refractivity contribution in [2.75, 3.05) is 13.1 Å². The van der Waals surface area contributed by atoms with Crippen molar-refractivity contribution in [2.24, 2.45) is 11.8 Å². The second-order valence-electron chi connectivity index (χ2n) is 4.25. The number of fused-ring (bicyclic) bond motifs is 3. The molecule has 4 unspecified atom stereocenters. The first-order valence-electron chi connectivity index (χ1n) is 5.27. The minimum absolute atomic E-state index is 0.579. The van der Waals surface area contributed by atoms with Crippen LogP contribution in [-0.2, 0) is 0 Å². The van der Waals surface area contributed by atoms with Gasteiger partial charge in [0.25, 0.3) is 0 Å². The first-order valence-corrected chi connectivity index (χ1v) is 5.27. The van der Waals surface area contributed by atoms with Gasteiger partial charge in [0.05, 0.1) is 0 Å². The highest BCUT2D eigenvalue weighted by Crippen LogP contribution is 2.34. The van der Waals surface area contributed by atoms with Crippen LogP contribution in [0.5, 0.6) is 0 Å². The molecule has 0 aromatic heterocycles. The van der Waals surface area contributed by atoms with Crippen LogP contribution in [0.4, 0.5) is 0 Å². The third-order valence-electron chi connectivity index (χ3n) is 3.53. The minimum Gasteiger partial charge on any atom is -0.311 e. The van der Waals surface area contributed by atoms with Crippen LogP contribution in [0.1, 0.15) is 6.42 Å². The third kappa shape index (κ3) is 1.17. The Balaban J connectivity index is 1.86. The zero-order valence-electron chi connectivity index (χ0n) is 7.74. The molecule has 0 aromatic rings. The van der Waals surface area contributed by atoms with Crippen molar-refractivity contribution in [2.45, 2.75) is 18.5 Å². The molecule has 13 heavy (non-hydrogen) atoms. The first-order chi connectivity index (χ1) is 6.45. The van der Waals surface area contributed by atoms with Crippen molar-refractivity contribution in [1.29, 1.82) is 0 Å². The molecule has 0 radical (unpaired) electrons. The van der Waals surface area contributed by atoms with Gasteiger partial charge in [0.2, 0.25) is 0 Å². The maximum atomic E-state index is 3.64. The Morgan fingerprint density at radius 2 is 1.92 bits per heavy atom. The van der Waals surface area contributed by atoms with E-state index < -0.39 is 0 Å². The van der Waals surface area contributed by atoms with Crippen molar-refractivity contribution in [3.63, 3.8) is 0 Å². The number of hydrogen-bond acceptors (Lipinski definition) is 2. The molecule has 2 heteroatoms. The number of piperazine rings is 1. The normalized spacial score (nSPS) is 47.4. The highest BCUT2D eigenvalue weighted by molar-refractivity contribution is 5.21. The van der Waals surface area contributed by atoms with Crippen molar-refractivity contribution in [3.8, 4) is 0 Å². The zero-order valence-corrected chi connectivity index (χ0v) is 7.74. The average Bonchev–Trinajstić information content (AvgIpc) is 2.65. The Hall–Kier alpha value is -0.600. The van der Waals surface area contributed by atoms with E-state index in [9.17, 15) is 0 Å². The largest absolute Gasteiger partial charge is 0.311 e. The molecule has 0 bridgehead atoms. The van der Waals surface area contributed by atoms with Gasteiger partial charge in [0.1, 0.15) is 0 Å². The summed E-state index contributed by atoms with van der Waals surface area (Å²) in [7, 11) is 0. The number of allylic oxidation sites excluding steroid dienone is 3. The van der Waals surface area contributed by atoms with E-state index in [0.29, 0.717) is 18.0 Å². The van der Waals surface area contributed by atoms with E-state index in [1.54, 1.807) is 0 Å². The number of hydrogen-bond donors (Lipinski definition) is 2. The quantitative estimate of drug-likeness (QED) is 0.530. The molecule has 1 fully saturated rings. The van der Waals surface area contributed by atoms with Crippen LogP contribution in [0.15, 0.2) is 24.3 Å². The fraction of sp³-hybridized carbons (Fsp3) is 0.636. The Labute approximate surface area is 79.1 Å². The molecular formula is C11H16N2. The average molecular weight is 176 g/mol. The van der Waals surface area contributed by atoms with E-state index in [-0.39, 0.29) is 0 Å². The summed E-state index contributed by atoms with van der Waals surface area (Å²) in [4.78, 5) is 0. The summed E-state index contributed by atoms with van der Waals surface area (Å²) >= 11 is 0. The second kappa shape index (κ2) is 2.96. The third-order valence-corrected chi connectivity index (χ3v) is 3.53. The van der Waals surface area contributed by atoms with Gasteiger partial charge in [-0.2, -0.15) is 0 Å². The van der Waals surface area contributed by atoms with Crippen LogP contribution in [0.2, 0.25) is 0 Å². The predicted octanol–water partition coefficient (Wildman–Crippen LogP) is 0.678. The highest BCUT2D eigenvalue weighted by atomic mass is 15.1. The standard InChI is InChI=1S/C11H16N2/c1-2-8-4-5-10-11(9(8)3-1)13-7-6-12-10/h1-2,4-5,8-13H,3,6-7H2. The smallest absolute Gasteiger partial charge is 0.0409 e. The summed E-state index contributed by atoms with van der Waals surface area (Å²) < 4.78 is 0. The summed E-state index contributed by atoms with van der Waals surface area (Å²) in [6.45, 7) is 2.23. The molecule has 3 rings (SSSR count). The van der Waals surface area contributed by atoms with Crippen LogP contribution < -0.4 is 10.6 Å². The van der Waals surface area contributed by atoms with Crippen molar-refractivity contribution in [1.82, 2.24) is 10.6 Å². The SMILES string of the molecule is C1=CC2C=CC3NCCNC3C2C1. The van der Waals surface area contributed by atoms with Crippen LogP contribution in [-0.4, -0.2) is 25.2 Å².